The third-order valence-corrected chi connectivity index (χ3v) is 3.88. The first-order valence-corrected chi connectivity index (χ1v) is 8.85. The van der Waals surface area contributed by atoms with Gasteiger partial charge in [0.25, 0.3) is 5.91 Å². The Labute approximate surface area is 164 Å². The van der Waals surface area contributed by atoms with Crippen molar-refractivity contribution in [3.63, 3.8) is 0 Å². The van der Waals surface area contributed by atoms with Crippen molar-refractivity contribution in [2.45, 2.75) is 13.5 Å². The van der Waals surface area contributed by atoms with Gasteiger partial charge in [-0.25, -0.2) is 4.39 Å². The van der Waals surface area contributed by atoms with Crippen LogP contribution in [0.1, 0.15) is 21.5 Å². The molecular weight excluding hydrogens is 355 g/mol. The Morgan fingerprint density at radius 2 is 1.43 bits per heavy atom. The third-order valence-electron chi connectivity index (χ3n) is 3.88. The second-order valence-electron chi connectivity index (χ2n) is 6.24. The van der Waals surface area contributed by atoms with Crippen LogP contribution in [0.15, 0.2) is 84.9 Å². The fourth-order valence-corrected chi connectivity index (χ4v) is 2.57. The molecule has 0 atom stereocenters. The molecule has 0 unspecified atom stereocenters. The third kappa shape index (κ3) is 6.68. The van der Waals surface area contributed by atoms with Gasteiger partial charge in [0.2, 0.25) is 5.91 Å². The Balaban J connectivity index is 0.000000397. The molecule has 3 aromatic carbocycles. The summed E-state index contributed by atoms with van der Waals surface area (Å²) in [6.07, 6.45) is 0. The number of nitrogens with zero attached hydrogens (tertiary/aromatic N) is 1. The summed E-state index contributed by atoms with van der Waals surface area (Å²) in [6.45, 7) is 1.56. The number of hydrogen-bond donors (Lipinski definition) is 1. The molecule has 2 amide bonds. The maximum absolute atomic E-state index is 13.9. The predicted molar refractivity (Wildman–Crippen MR) is 108 cm³/mol. The van der Waals surface area contributed by atoms with Gasteiger partial charge in [0, 0.05) is 17.7 Å². The number of hydrogen-bond acceptors (Lipinski definition) is 2. The summed E-state index contributed by atoms with van der Waals surface area (Å²) in [5.74, 6) is -1.42. The molecule has 0 bridgehead atoms. The zero-order valence-electron chi connectivity index (χ0n) is 15.7. The summed E-state index contributed by atoms with van der Waals surface area (Å²) in [5, 5.41) is 0. The standard InChI is InChI=1S/C17H17FN2O2.C6H6/c1-12-7-8-15(18)14(9-12)10-20(11-16(19)21)17(22)13-5-3-2-4-6-13;1-2-4-6-5-3-1/h2-9H,10-11H2,1H3,(H2,19,21);1-6H. The Morgan fingerprint density at radius 3 is 1.96 bits per heavy atom. The molecule has 0 fully saturated rings. The number of carbonyl (C=O) groups excluding carboxylic acids is 2. The van der Waals surface area contributed by atoms with Crippen LogP contribution >= 0.6 is 0 Å². The number of amides is 2. The first kappa shape index (κ1) is 20.8. The largest absolute Gasteiger partial charge is 0.368 e. The monoisotopic (exact) mass is 378 g/mol. The highest BCUT2D eigenvalue weighted by atomic mass is 19.1. The minimum Gasteiger partial charge on any atom is -0.368 e. The SMILES string of the molecule is Cc1ccc(F)c(CN(CC(N)=O)C(=O)c2ccccc2)c1.c1ccccc1. The summed E-state index contributed by atoms with van der Waals surface area (Å²) < 4.78 is 13.9. The topological polar surface area (TPSA) is 63.4 Å². The summed E-state index contributed by atoms with van der Waals surface area (Å²) in [7, 11) is 0. The van der Waals surface area contributed by atoms with Gasteiger partial charge in [0.15, 0.2) is 0 Å². The van der Waals surface area contributed by atoms with Crippen molar-refractivity contribution in [2.75, 3.05) is 6.54 Å². The Bertz CT molecular complexity index is 872. The summed E-state index contributed by atoms with van der Waals surface area (Å²) >= 11 is 0. The van der Waals surface area contributed by atoms with Gasteiger partial charge < -0.3 is 10.6 Å². The van der Waals surface area contributed by atoms with E-state index in [4.69, 9.17) is 5.73 Å². The van der Waals surface area contributed by atoms with Gasteiger partial charge in [-0.15, -0.1) is 0 Å². The molecule has 0 aliphatic heterocycles. The zero-order valence-corrected chi connectivity index (χ0v) is 15.7. The number of rotatable bonds is 5. The number of halogens is 1. The average Bonchev–Trinajstić information content (AvgIpc) is 2.72. The van der Waals surface area contributed by atoms with E-state index in [9.17, 15) is 14.0 Å². The minimum absolute atomic E-state index is 0.00974. The smallest absolute Gasteiger partial charge is 0.254 e. The molecule has 28 heavy (non-hydrogen) atoms. The zero-order chi connectivity index (χ0) is 20.4. The van der Waals surface area contributed by atoms with E-state index >= 15 is 0 Å². The number of primary amides is 1. The van der Waals surface area contributed by atoms with Crippen molar-refractivity contribution in [3.8, 4) is 0 Å². The molecule has 5 heteroatoms. The van der Waals surface area contributed by atoms with Crippen LogP contribution in [0.4, 0.5) is 4.39 Å². The second-order valence-corrected chi connectivity index (χ2v) is 6.24. The Kier molecular flexibility index (Phi) is 7.91. The maximum Gasteiger partial charge on any atom is 0.254 e. The highest BCUT2D eigenvalue weighted by Crippen LogP contribution is 2.15. The normalized spacial score (nSPS) is 9.79. The first-order valence-electron chi connectivity index (χ1n) is 8.85. The molecule has 3 aromatic rings. The lowest BCUT2D eigenvalue weighted by atomic mass is 10.1. The number of carbonyl (C=O) groups is 2. The molecule has 0 aromatic heterocycles. The summed E-state index contributed by atoms with van der Waals surface area (Å²) in [5.41, 5.74) is 6.86. The van der Waals surface area contributed by atoms with Gasteiger partial charge in [-0.1, -0.05) is 72.3 Å². The van der Waals surface area contributed by atoms with E-state index in [-0.39, 0.29) is 19.0 Å². The van der Waals surface area contributed by atoms with Gasteiger partial charge in [0.05, 0.1) is 6.54 Å². The number of nitrogens with two attached hydrogens (primary N) is 1. The molecule has 0 aliphatic rings. The van der Waals surface area contributed by atoms with E-state index in [1.54, 1.807) is 42.5 Å². The van der Waals surface area contributed by atoms with Gasteiger partial charge in [-0.3, -0.25) is 9.59 Å². The Hall–Kier alpha value is -3.47. The van der Waals surface area contributed by atoms with Crippen molar-refractivity contribution in [1.82, 2.24) is 4.90 Å². The quantitative estimate of drug-likeness (QED) is 0.731. The molecule has 0 radical (unpaired) electrons. The second kappa shape index (κ2) is 10.6. The van der Waals surface area contributed by atoms with E-state index in [1.165, 1.54) is 11.0 Å². The molecule has 3 rings (SSSR count). The number of aryl methyl sites for hydroxylation is 1. The molecule has 0 heterocycles. The average molecular weight is 378 g/mol. The highest BCUT2D eigenvalue weighted by molar-refractivity contribution is 5.96. The van der Waals surface area contributed by atoms with Crippen LogP contribution in [0.2, 0.25) is 0 Å². The molecular formula is C23H23FN2O2. The van der Waals surface area contributed by atoms with Gasteiger partial charge in [-0.05, 0) is 25.1 Å². The van der Waals surface area contributed by atoms with Gasteiger partial charge in [-0.2, -0.15) is 0 Å². The van der Waals surface area contributed by atoms with Gasteiger partial charge in [0.1, 0.15) is 5.82 Å². The molecule has 2 N–H and O–H groups in total. The molecule has 144 valence electrons. The van der Waals surface area contributed by atoms with Crippen molar-refractivity contribution in [2.24, 2.45) is 5.73 Å². The van der Waals surface area contributed by atoms with Crippen LogP contribution in [0, 0.1) is 12.7 Å². The van der Waals surface area contributed by atoms with Crippen molar-refractivity contribution >= 4 is 11.8 Å². The van der Waals surface area contributed by atoms with E-state index < -0.39 is 11.7 Å². The molecule has 0 spiro atoms. The lowest BCUT2D eigenvalue weighted by Gasteiger charge is -2.22. The number of benzene rings is 3. The van der Waals surface area contributed by atoms with Crippen LogP contribution < -0.4 is 5.73 Å². The fourth-order valence-electron chi connectivity index (χ4n) is 2.57. The minimum atomic E-state index is -0.641. The van der Waals surface area contributed by atoms with Crippen molar-refractivity contribution < 1.29 is 14.0 Å². The molecule has 0 saturated heterocycles. The predicted octanol–water partition coefficient (Wildman–Crippen LogP) is 3.95. The van der Waals surface area contributed by atoms with Crippen LogP contribution in [-0.2, 0) is 11.3 Å². The first-order chi connectivity index (χ1) is 13.5. The van der Waals surface area contributed by atoms with Crippen molar-refractivity contribution in [1.29, 1.82) is 0 Å². The lowest BCUT2D eigenvalue weighted by Crippen LogP contribution is -2.38. The van der Waals surface area contributed by atoms with Gasteiger partial charge >= 0.3 is 0 Å². The van der Waals surface area contributed by atoms with Crippen molar-refractivity contribution in [3.05, 3.63) is 107 Å². The van der Waals surface area contributed by atoms with E-state index in [1.807, 2.05) is 43.3 Å². The summed E-state index contributed by atoms with van der Waals surface area (Å²) in [6, 6.07) is 25.2. The lowest BCUT2D eigenvalue weighted by molar-refractivity contribution is -0.118. The van der Waals surface area contributed by atoms with E-state index in [0.717, 1.165) is 5.56 Å². The van der Waals surface area contributed by atoms with Crippen LogP contribution in [0.5, 0.6) is 0 Å². The highest BCUT2D eigenvalue weighted by Gasteiger charge is 2.19. The van der Waals surface area contributed by atoms with E-state index in [2.05, 4.69) is 0 Å². The van der Waals surface area contributed by atoms with Crippen LogP contribution in [-0.4, -0.2) is 23.3 Å². The fraction of sp³-hybridized carbons (Fsp3) is 0.130. The summed E-state index contributed by atoms with van der Waals surface area (Å²) in [4.78, 5) is 24.9. The molecule has 0 aliphatic carbocycles. The van der Waals surface area contributed by atoms with Crippen LogP contribution in [0.25, 0.3) is 0 Å². The Morgan fingerprint density at radius 1 is 0.893 bits per heavy atom. The maximum atomic E-state index is 13.9. The van der Waals surface area contributed by atoms with Crippen LogP contribution in [0.3, 0.4) is 0 Å². The molecule has 0 saturated carbocycles. The van der Waals surface area contributed by atoms with E-state index in [0.29, 0.717) is 11.1 Å². The molecule has 4 nitrogen and oxygen atoms in total.